The van der Waals surface area contributed by atoms with Crippen LogP contribution < -0.4 is 19.5 Å². The molecule has 3 atom stereocenters. The van der Waals surface area contributed by atoms with Gasteiger partial charge in [0.05, 0.1) is 33.6 Å². The second-order valence-electron chi connectivity index (χ2n) is 8.63. The maximum Gasteiger partial charge on any atom is 0.290 e. The first kappa shape index (κ1) is 21.4. The first-order valence-corrected chi connectivity index (χ1v) is 11.3. The summed E-state index contributed by atoms with van der Waals surface area (Å²) in [7, 11) is 4.90. The molecule has 2 aromatic carbocycles. The van der Waals surface area contributed by atoms with Gasteiger partial charge in [-0.1, -0.05) is 48.3 Å². The SMILES string of the molecule is COc1cc2c(c(OC)c1OC)[C@@]1(c3ccccc3)CCCC[C@H]1[C@@H]2NC(=O)c1ccno1. The largest absolute Gasteiger partial charge is 0.493 e. The van der Waals surface area contributed by atoms with Gasteiger partial charge < -0.3 is 24.1 Å². The van der Waals surface area contributed by atoms with Crippen molar-refractivity contribution in [1.82, 2.24) is 10.5 Å². The smallest absolute Gasteiger partial charge is 0.290 e. The highest BCUT2D eigenvalue weighted by molar-refractivity contribution is 5.91. The Hall–Kier alpha value is -3.48. The average Bonchev–Trinajstić information content (AvgIpc) is 3.50. The lowest BCUT2D eigenvalue weighted by atomic mass is 9.61. The van der Waals surface area contributed by atoms with Crippen LogP contribution in [0, 0.1) is 5.92 Å². The van der Waals surface area contributed by atoms with E-state index in [1.54, 1.807) is 27.4 Å². The van der Waals surface area contributed by atoms with Crippen LogP contribution in [0.1, 0.15) is 59.0 Å². The standard InChI is InChI=1S/C26H28N2O5/c1-30-20-15-17-21(24(32-3)23(20)31-2)26(16-9-5-4-6-10-16)13-8-7-11-18(26)22(17)28-25(29)19-12-14-27-33-19/h4-6,9-10,12,14-15,18,22H,7-8,11,13H2,1-3H3,(H,28,29)/t18-,22+,26+/m0/s1. The molecule has 2 aliphatic carbocycles. The summed E-state index contributed by atoms with van der Waals surface area (Å²) in [5.74, 6) is 1.86. The lowest BCUT2D eigenvalue weighted by molar-refractivity contribution is 0.0864. The first-order valence-electron chi connectivity index (χ1n) is 11.3. The van der Waals surface area contributed by atoms with Crippen molar-refractivity contribution < 1.29 is 23.5 Å². The molecule has 33 heavy (non-hydrogen) atoms. The minimum Gasteiger partial charge on any atom is -0.493 e. The molecule has 1 N–H and O–H groups in total. The molecule has 0 spiro atoms. The molecule has 1 heterocycles. The minimum atomic E-state index is -0.320. The molecule has 172 valence electrons. The monoisotopic (exact) mass is 448 g/mol. The molecular formula is C26H28N2O5. The Kier molecular flexibility index (Phi) is 5.48. The summed E-state index contributed by atoms with van der Waals surface area (Å²) in [6.45, 7) is 0. The predicted molar refractivity (Wildman–Crippen MR) is 122 cm³/mol. The van der Waals surface area contributed by atoms with E-state index in [2.05, 4.69) is 34.7 Å². The van der Waals surface area contributed by atoms with Crippen molar-refractivity contribution >= 4 is 5.91 Å². The van der Waals surface area contributed by atoms with Crippen molar-refractivity contribution in [3.05, 3.63) is 71.1 Å². The van der Waals surface area contributed by atoms with Gasteiger partial charge in [0, 0.05) is 17.0 Å². The maximum absolute atomic E-state index is 13.1. The number of benzene rings is 2. The lowest BCUT2D eigenvalue weighted by Crippen LogP contribution is -2.41. The zero-order chi connectivity index (χ0) is 23.0. The number of amides is 1. The number of carbonyl (C=O) groups excluding carboxylic acids is 1. The van der Waals surface area contributed by atoms with Crippen LogP contribution in [0.5, 0.6) is 17.2 Å². The van der Waals surface area contributed by atoms with Crippen molar-refractivity contribution in [2.24, 2.45) is 5.92 Å². The fourth-order valence-electron chi connectivity index (χ4n) is 6.02. The van der Waals surface area contributed by atoms with Crippen LogP contribution in [0.4, 0.5) is 0 Å². The number of aromatic nitrogens is 1. The van der Waals surface area contributed by atoms with E-state index in [0.29, 0.717) is 17.2 Å². The maximum atomic E-state index is 13.1. The Labute approximate surface area is 193 Å². The van der Waals surface area contributed by atoms with E-state index < -0.39 is 0 Å². The van der Waals surface area contributed by atoms with E-state index in [0.717, 1.165) is 36.8 Å². The molecule has 7 nitrogen and oxygen atoms in total. The van der Waals surface area contributed by atoms with E-state index in [9.17, 15) is 4.79 Å². The number of hydrogen-bond acceptors (Lipinski definition) is 6. The fraction of sp³-hybridized carbons (Fsp3) is 0.385. The fourth-order valence-corrected chi connectivity index (χ4v) is 6.02. The Morgan fingerprint density at radius 3 is 2.52 bits per heavy atom. The molecule has 0 saturated heterocycles. The van der Waals surface area contributed by atoms with E-state index in [1.807, 2.05) is 12.1 Å². The zero-order valence-electron chi connectivity index (χ0n) is 19.1. The van der Waals surface area contributed by atoms with Crippen LogP contribution in [-0.2, 0) is 5.41 Å². The molecule has 7 heteroatoms. The van der Waals surface area contributed by atoms with Gasteiger partial charge in [-0.25, -0.2) is 0 Å². The quantitative estimate of drug-likeness (QED) is 0.591. The number of rotatable bonds is 6. The number of methoxy groups -OCH3 is 3. The van der Waals surface area contributed by atoms with E-state index in [4.69, 9.17) is 18.7 Å². The number of ether oxygens (including phenoxy) is 3. The van der Waals surface area contributed by atoms with E-state index in [1.165, 1.54) is 11.8 Å². The Bertz CT molecular complexity index is 1150. The molecule has 0 bridgehead atoms. The molecule has 0 unspecified atom stereocenters. The minimum absolute atomic E-state index is 0.140. The van der Waals surface area contributed by atoms with Gasteiger partial charge in [-0.05, 0) is 36.0 Å². The third-order valence-electron chi connectivity index (χ3n) is 7.25. The molecular weight excluding hydrogens is 420 g/mol. The van der Waals surface area contributed by atoms with Crippen LogP contribution in [0.25, 0.3) is 0 Å². The number of carbonyl (C=O) groups is 1. The van der Waals surface area contributed by atoms with Gasteiger partial charge in [0.25, 0.3) is 5.91 Å². The van der Waals surface area contributed by atoms with Gasteiger partial charge >= 0.3 is 0 Å². The topological polar surface area (TPSA) is 82.8 Å². The molecule has 2 aliphatic rings. The Balaban J connectivity index is 1.77. The summed E-state index contributed by atoms with van der Waals surface area (Å²) in [4.78, 5) is 13.1. The first-order chi connectivity index (χ1) is 16.2. The van der Waals surface area contributed by atoms with Crippen molar-refractivity contribution in [2.45, 2.75) is 37.1 Å². The summed E-state index contributed by atoms with van der Waals surface area (Å²) in [5.41, 5.74) is 2.96. The number of hydrogen-bond donors (Lipinski definition) is 1. The predicted octanol–water partition coefficient (Wildman–Crippen LogP) is 4.66. The summed E-state index contributed by atoms with van der Waals surface area (Å²) in [5, 5.41) is 6.94. The zero-order valence-corrected chi connectivity index (χ0v) is 19.1. The highest BCUT2D eigenvalue weighted by Gasteiger charge is 2.56. The van der Waals surface area contributed by atoms with Crippen molar-refractivity contribution in [1.29, 1.82) is 0 Å². The average molecular weight is 449 g/mol. The molecule has 1 fully saturated rings. The molecule has 1 amide bonds. The Morgan fingerprint density at radius 1 is 1.06 bits per heavy atom. The second kappa shape index (κ2) is 8.46. The van der Waals surface area contributed by atoms with Crippen LogP contribution in [0.2, 0.25) is 0 Å². The van der Waals surface area contributed by atoms with Crippen LogP contribution >= 0.6 is 0 Å². The number of nitrogens with zero attached hydrogens (tertiary/aromatic N) is 1. The highest BCUT2D eigenvalue weighted by atomic mass is 16.5. The third-order valence-corrected chi connectivity index (χ3v) is 7.25. The van der Waals surface area contributed by atoms with Crippen molar-refractivity contribution in [2.75, 3.05) is 21.3 Å². The lowest BCUT2D eigenvalue weighted by Gasteiger charge is -2.43. The molecule has 1 saturated carbocycles. The number of fused-ring (bicyclic) bond motifs is 3. The van der Waals surface area contributed by atoms with Gasteiger partial charge in [0.1, 0.15) is 0 Å². The Morgan fingerprint density at radius 2 is 1.85 bits per heavy atom. The summed E-state index contributed by atoms with van der Waals surface area (Å²) >= 11 is 0. The molecule has 0 radical (unpaired) electrons. The van der Waals surface area contributed by atoms with Crippen LogP contribution in [-0.4, -0.2) is 32.4 Å². The van der Waals surface area contributed by atoms with E-state index >= 15 is 0 Å². The van der Waals surface area contributed by atoms with E-state index in [-0.39, 0.29) is 29.0 Å². The number of nitrogens with one attached hydrogen (secondary N) is 1. The van der Waals surface area contributed by atoms with Gasteiger partial charge in [0.15, 0.2) is 11.5 Å². The molecule has 3 aromatic rings. The summed E-state index contributed by atoms with van der Waals surface area (Å²) in [6.07, 6.45) is 5.58. The van der Waals surface area contributed by atoms with Gasteiger partial charge in [-0.15, -0.1) is 0 Å². The van der Waals surface area contributed by atoms with Gasteiger partial charge in [-0.2, -0.15) is 0 Å². The van der Waals surface area contributed by atoms with Crippen LogP contribution in [0.15, 0.2) is 53.2 Å². The second-order valence-corrected chi connectivity index (χ2v) is 8.63. The van der Waals surface area contributed by atoms with Gasteiger partial charge in [0.2, 0.25) is 11.5 Å². The van der Waals surface area contributed by atoms with Crippen LogP contribution in [0.3, 0.4) is 0 Å². The summed E-state index contributed by atoms with van der Waals surface area (Å²) in [6, 6.07) is 13.9. The third kappa shape index (κ3) is 3.17. The highest BCUT2D eigenvalue weighted by Crippen LogP contribution is 2.64. The van der Waals surface area contributed by atoms with Crippen molar-refractivity contribution in [3.8, 4) is 17.2 Å². The normalized spacial score (nSPS) is 23.4. The molecule has 1 aromatic heterocycles. The molecule has 0 aliphatic heterocycles. The van der Waals surface area contributed by atoms with Gasteiger partial charge in [-0.3, -0.25) is 4.79 Å². The van der Waals surface area contributed by atoms with Crippen molar-refractivity contribution in [3.63, 3.8) is 0 Å². The molecule has 5 rings (SSSR count). The summed E-state index contributed by atoms with van der Waals surface area (Å²) < 4.78 is 22.6.